The van der Waals surface area contributed by atoms with E-state index in [1.807, 2.05) is 14.0 Å². The Kier molecular flexibility index (Phi) is 4.70. The van der Waals surface area contributed by atoms with Crippen LogP contribution in [0.5, 0.6) is 0 Å². The second kappa shape index (κ2) is 6.31. The zero-order valence-corrected chi connectivity index (χ0v) is 11.9. The largest absolute Gasteiger partial charge is 0.334 e. The molecule has 0 saturated carbocycles. The van der Waals surface area contributed by atoms with Crippen molar-refractivity contribution in [3.63, 3.8) is 0 Å². The molecule has 110 valence electrons. The predicted molar refractivity (Wildman–Crippen MR) is 73.6 cm³/mol. The Morgan fingerprint density at radius 2 is 2.10 bits per heavy atom. The van der Waals surface area contributed by atoms with Crippen LogP contribution in [0.15, 0.2) is 18.2 Å². The summed E-state index contributed by atoms with van der Waals surface area (Å²) in [5.74, 6) is -2.44. The van der Waals surface area contributed by atoms with Crippen LogP contribution in [0.1, 0.15) is 30.1 Å². The third-order valence-corrected chi connectivity index (χ3v) is 3.82. The Bertz CT molecular complexity index is 493. The molecule has 1 aromatic rings. The van der Waals surface area contributed by atoms with Gasteiger partial charge in [0.1, 0.15) is 0 Å². The fraction of sp³-hybridized carbons (Fsp3) is 0.533. The Hall–Kier alpha value is -1.49. The SMILES string of the molecule is CCC1CN(C)CCCN1C(=O)c1cccc(F)c1F. The minimum Gasteiger partial charge on any atom is -0.334 e. The quantitative estimate of drug-likeness (QED) is 0.832. The highest BCUT2D eigenvalue weighted by atomic mass is 19.2. The molecule has 0 aromatic heterocycles. The van der Waals surface area contributed by atoms with Crippen LogP contribution < -0.4 is 0 Å². The van der Waals surface area contributed by atoms with E-state index >= 15 is 0 Å². The van der Waals surface area contributed by atoms with Gasteiger partial charge in [-0.15, -0.1) is 0 Å². The van der Waals surface area contributed by atoms with Crippen molar-refractivity contribution in [1.29, 1.82) is 0 Å². The lowest BCUT2D eigenvalue weighted by Crippen LogP contribution is -2.43. The van der Waals surface area contributed by atoms with Crippen molar-refractivity contribution in [2.45, 2.75) is 25.8 Å². The van der Waals surface area contributed by atoms with E-state index < -0.39 is 17.5 Å². The average Bonchev–Trinajstić information content (AvgIpc) is 2.62. The molecule has 0 radical (unpaired) electrons. The van der Waals surface area contributed by atoms with E-state index in [9.17, 15) is 13.6 Å². The number of likely N-dealkylation sites (N-methyl/N-ethyl adjacent to an activating group) is 1. The van der Waals surface area contributed by atoms with E-state index in [1.54, 1.807) is 4.90 Å². The first kappa shape index (κ1) is 14.9. The van der Waals surface area contributed by atoms with Gasteiger partial charge in [0.15, 0.2) is 11.6 Å². The standard InChI is InChI=1S/C15H20F2N2O/c1-3-11-10-18(2)8-5-9-19(11)15(20)12-6-4-7-13(16)14(12)17/h4,6-7,11H,3,5,8-10H2,1-2H3. The van der Waals surface area contributed by atoms with Crippen molar-refractivity contribution in [2.75, 3.05) is 26.7 Å². The molecule has 20 heavy (non-hydrogen) atoms. The molecule has 1 aromatic carbocycles. The summed E-state index contributed by atoms with van der Waals surface area (Å²) in [5.41, 5.74) is -0.173. The van der Waals surface area contributed by atoms with Gasteiger partial charge >= 0.3 is 0 Å². The van der Waals surface area contributed by atoms with Crippen LogP contribution in [0.25, 0.3) is 0 Å². The lowest BCUT2D eigenvalue weighted by molar-refractivity contribution is 0.0670. The second-order valence-corrected chi connectivity index (χ2v) is 5.28. The molecule has 0 N–H and O–H groups in total. The summed E-state index contributed by atoms with van der Waals surface area (Å²) in [6, 6.07) is 3.79. The maximum atomic E-state index is 13.8. The lowest BCUT2D eigenvalue weighted by atomic mass is 10.1. The molecule has 0 bridgehead atoms. The van der Waals surface area contributed by atoms with Gasteiger partial charge in [-0.1, -0.05) is 13.0 Å². The van der Waals surface area contributed by atoms with Crippen molar-refractivity contribution in [1.82, 2.24) is 9.80 Å². The van der Waals surface area contributed by atoms with Crippen molar-refractivity contribution >= 4 is 5.91 Å². The summed E-state index contributed by atoms with van der Waals surface area (Å²) < 4.78 is 27.1. The molecule has 0 aliphatic carbocycles. The van der Waals surface area contributed by atoms with E-state index in [4.69, 9.17) is 0 Å². The summed E-state index contributed by atoms with van der Waals surface area (Å²) in [4.78, 5) is 16.4. The smallest absolute Gasteiger partial charge is 0.257 e. The molecule has 0 spiro atoms. The second-order valence-electron chi connectivity index (χ2n) is 5.28. The zero-order chi connectivity index (χ0) is 14.7. The summed E-state index contributed by atoms with van der Waals surface area (Å²) in [5, 5.41) is 0. The Morgan fingerprint density at radius 3 is 2.80 bits per heavy atom. The number of nitrogens with zero attached hydrogens (tertiary/aromatic N) is 2. The normalized spacial score (nSPS) is 20.8. The van der Waals surface area contributed by atoms with Gasteiger partial charge in [0.05, 0.1) is 5.56 Å². The highest BCUT2D eigenvalue weighted by molar-refractivity contribution is 5.94. The number of rotatable bonds is 2. The Morgan fingerprint density at radius 1 is 1.35 bits per heavy atom. The van der Waals surface area contributed by atoms with Gasteiger partial charge in [-0.3, -0.25) is 4.79 Å². The highest BCUT2D eigenvalue weighted by Crippen LogP contribution is 2.19. The van der Waals surface area contributed by atoms with Crippen LogP contribution in [-0.4, -0.2) is 48.4 Å². The van der Waals surface area contributed by atoms with Crippen LogP contribution in [-0.2, 0) is 0 Å². The lowest BCUT2D eigenvalue weighted by Gasteiger charge is -2.30. The molecule has 1 aliphatic heterocycles. The van der Waals surface area contributed by atoms with Crippen molar-refractivity contribution in [3.05, 3.63) is 35.4 Å². The molecule has 1 atom stereocenters. The summed E-state index contributed by atoms with van der Waals surface area (Å²) in [6.07, 6.45) is 1.64. The molecule has 1 saturated heterocycles. The topological polar surface area (TPSA) is 23.6 Å². The van der Waals surface area contributed by atoms with Gasteiger partial charge in [0.2, 0.25) is 0 Å². The minimum absolute atomic E-state index is 0.0395. The number of halogens is 2. The molecule has 1 unspecified atom stereocenters. The summed E-state index contributed by atoms with van der Waals surface area (Å²) >= 11 is 0. The fourth-order valence-electron chi connectivity index (χ4n) is 2.68. The molecule has 2 rings (SSSR count). The first-order valence-electron chi connectivity index (χ1n) is 6.98. The fourth-order valence-corrected chi connectivity index (χ4v) is 2.68. The van der Waals surface area contributed by atoms with Crippen molar-refractivity contribution < 1.29 is 13.6 Å². The number of hydrogen-bond donors (Lipinski definition) is 0. The number of carbonyl (C=O) groups excluding carboxylic acids is 1. The molecule has 1 aliphatic rings. The zero-order valence-electron chi connectivity index (χ0n) is 11.9. The van der Waals surface area contributed by atoms with Crippen LogP contribution in [0.4, 0.5) is 8.78 Å². The van der Waals surface area contributed by atoms with E-state index in [0.717, 1.165) is 32.0 Å². The summed E-state index contributed by atoms with van der Waals surface area (Å²) in [7, 11) is 2.01. The minimum atomic E-state index is -1.05. The maximum absolute atomic E-state index is 13.8. The van der Waals surface area contributed by atoms with Crippen molar-refractivity contribution in [2.24, 2.45) is 0 Å². The third-order valence-electron chi connectivity index (χ3n) is 3.82. The molecule has 1 amide bonds. The van der Waals surface area contributed by atoms with E-state index in [2.05, 4.69) is 4.90 Å². The van der Waals surface area contributed by atoms with Gasteiger partial charge < -0.3 is 9.80 Å². The van der Waals surface area contributed by atoms with Crippen LogP contribution in [0.2, 0.25) is 0 Å². The summed E-state index contributed by atoms with van der Waals surface area (Å²) in [6.45, 7) is 4.26. The van der Waals surface area contributed by atoms with Gasteiger partial charge in [-0.05, 0) is 38.6 Å². The van der Waals surface area contributed by atoms with E-state index in [-0.39, 0.29) is 11.6 Å². The first-order valence-corrected chi connectivity index (χ1v) is 6.98. The number of amides is 1. The number of benzene rings is 1. The average molecular weight is 282 g/mol. The molecule has 5 heteroatoms. The van der Waals surface area contributed by atoms with Crippen LogP contribution in [0, 0.1) is 11.6 Å². The van der Waals surface area contributed by atoms with Gasteiger partial charge in [0.25, 0.3) is 5.91 Å². The molecule has 1 fully saturated rings. The predicted octanol–water partition coefficient (Wildman–Crippen LogP) is 2.52. The Labute approximate surface area is 118 Å². The maximum Gasteiger partial charge on any atom is 0.257 e. The van der Waals surface area contributed by atoms with Crippen LogP contribution in [0.3, 0.4) is 0 Å². The molecular formula is C15H20F2N2O. The number of hydrogen-bond acceptors (Lipinski definition) is 2. The van der Waals surface area contributed by atoms with E-state index in [1.165, 1.54) is 12.1 Å². The van der Waals surface area contributed by atoms with Gasteiger partial charge in [-0.2, -0.15) is 0 Å². The monoisotopic (exact) mass is 282 g/mol. The highest BCUT2D eigenvalue weighted by Gasteiger charge is 2.28. The Balaban J connectivity index is 2.28. The first-order chi connectivity index (χ1) is 9.54. The molecular weight excluding hydrogens is 262 g/mol. The number of carbonyl (C=O) groups is 1. The van der Waals surface area contributed by atoms with Gasteiger partial charge in [0, 0.05) is 19.1 Å². The molecule has 1 heterocycles. The molecule has 3 nitrogen and oxygen atoms in total. The van der Waals surface area contributed by atoms with Crippen LogP contribution >= 0.6 is 0 Å². The van der Waals surface area contributed by atoms with Crippen molar-refractivity contribution in [3.8, 4) is 0 Å². The third kappa shape index (κ3) is 2.98. The van der Waals surface area contributed by atoms with Gasteiger partial charge in [-0.25, -0.2) is 8.78 Å². The van der Waals surface area contributed by atoms with E-state index in [0.29, 0.717) is 6.54 Å².